The number of para-hydroxylation sites is 2. The number of nitrogens with zero attached hydrogens (tertiary/aromatic N) is 1. The van der Waals surface area contributed by atoms with Gasteiger partial charge >= 0.3 is 0 Å². The van der Waals surface area contributed by atoms with E-state index in [4.69, 9.17) is 13.9 Å². The molecule has 3 rings (SSSR count). The van der Waals surface area contributed by atoms with Crippen molar-refractivity contribution in [2.24, 2.45) is 0 Å². The smallest absolute Gasteiger partial charge is 0.296 e. The van der Waals surface area contributed by atoms with Gasteiger partial charge in [-0.15, -0.1) is 0 Å². The molecule has 0 bridgehead atoms. The molecular formula is C17H17N3O4. The molecule has 0 saturated carbocycles. The maximum atomic E-state index is 12.0. The fourth-order valence-corrected chi connectivity index (χ4v) is 2.22. The van der Waals surface area contributed by atoms with Gasteiger partial charge in [-0.05, 0) is 24.3 Å². The first-order valence-electron chi connectivity index (χ1n) is 7.31. The Morgan fingerprint density at radius 2 is 1.92 bits per heavy atom. The Kier molecular flexibility index (Phi) is 4.51. The second kappa shape index (κ2) is 6.91. The standard InChI is InChI=1S/C17H17N3O4/c1-22-14-8-7-11(9-15(14)23-2)19-16(21)10-18-17-20-12-5-3-4-6-13(12)24-17/h3-9H,10H2,1-2H3,(H,18,20)(H,19,21). The van der Waals surface area contributed by atoms with E-state index in [1.807, 2.05) is 24.3 Å². The summed E-state index contributed by atoms with van der Waals surface area (Å²) in [6, 6.07) is 12.8. The fourth-order valence-electron chi connectivity index (χ4n) is 2.22. The zero-order chi connectivity index (χ0) is 16.9. The summed E-state index contributed by atoms with van der Waals surface area (Å²) < 4.78 is 15.9. The van der Waals surface area contributed by atoms with Crippen LogP contribution in [-0.2, 0) is 4.79 Å². The zero-order valence-electron chi connectivity index (χ0n) is 13.3. The maximum absolute atomic E-state index is 12.0. The minimum atomic E-state index is -0.232. The molecule has 0 aliphatic rings. The molecule has 7 nitrogen and oxygen atoms in total. The van der Waals surface area contributed by atoms with Crippen molar-refractivity contribution in [1.82, 2.24) is 4.98 Å². The quantitative estimate of drug-likeness (QED) is 0.724. The van der Waals surface area contributed by atoms with Gasteiger partial charge < -0.3 is 24.5 Å². The Labute approximate surface area is 138 Å². The highest BCUT2D eigenvalue weighted by Gasteiger charge is 2.09. The normalized spacial score (nSPS) is 10.4. The third-order valence-electron chi connectivity index (χ3n) is 3.36. The molecule has 0 saturated heterocycles. The van der Waals surface area contributed by atoms with Crippen molar-refractivity contribution in [1.29, 1.82) is 0 Å². The SMILES string of the molecule is COc1ccc(NC(=O)CNc2nc3ccccc3o2)cc1OC. The number of hydrogen-bond acceptors (Lipinski definition) is 6. The number of hydrogen-bond donors (Lipinski definition) is 2. The number of aromatic nitrogens is 1. The third kappa shape index (κ3) is 3.40. The molecule has 0 aliphatic heterocycles. The first-order chi connectivity index (χ1) is 11.7. The molecule has 0 radical (unpaired) electrons. The Bertz CT molecular complexity index is 827. The van der Waals surface area contributed by atoms with Crippen LogP contribution in [0.2, 0.25) is 0 Å². The van der Waals surface area contributed by atoms with E-state index in [1.165, 1.54) is 7.11 Å². The van der Waals surface area contributed by atoms with Gasteiger partial charge in [0.15, 0.2) is 17.1 Å². The van der Waals surface area contributed by atoms with Crippen LogP contribution in [0.25, 0.3) is 11.1 Å². The molecule has 1 aromatic heterocycles. The molecule has 1 heterocycles. The van der Waals surface area contributed by atoms with Crippen LogP contribution in [0.15, 0.2) is 46.9 Å². The van der Waals surface area contributed by atoms with Crippen LogP contribution in [0, 0.1) is 0 Å². The number of amides is 1. The molecule has 1 amide bonds. The third-order valence-corrected chi connectivity index (χ3v) is 3.36. The van der Waals surface area contributed by atoms with Crippen LogP contribution in [0.5, 0.6) is 11.5 Å². The van der Waals surface area contributed by atoms with Gasteiger partial charge in [0, 0.05) is 11.8 Å². The molecule has 0 fully saturated rings. The average molecular weight is 327 g/mol. The van der Waals surface area contributed by atoms with Crippen molar-refractivity contribution in [3.05, 3.63) is 42.5 Å². The number of rotatable bonds is 6. The number of oxazole rings is 1. The summed E-state index contributed by atoms with van der Waals surface area (Å²) in [5.74, 6) is 0.909. The van der Waals surface area contributed by atoms with Crippen LogP contribution >= 0.6 is 0 Å². The van der Waals surface area contributed by atoms with E-state index in [0.717, 1.165) is 5.52 Å². The van der Waals surface area contributed by atoms with Crippen molar-refractivity contribution in [2.75, 3.05) is 31.4 Å². The number of carbonyl (C=O) groups excluding carboxylic acids is 1. The minimum Gasteiger partial charge on any atom is -0.493 e. The van der Waals surface area contributed by atoms with Gasteiger partial charge in [0.25, 0.3) is 6.01 Å². The van der Waals surface area contributed by atoms with Gasteiger partial charge in [-0.2, -0.15) is 4.98 Å². The van der Waals surface area contributed by atoms with E-state index in [2.05, 4.69) is 15.6 Å². The summed E-state index contributed by atoms with van der Waals surface area (Å²) in [4.78, 5) is 16.3. The largest absolute Gasteiger partial charge is 0.493 e. The van der Waals surface area contributed by atoms with Gasteiger partial charge in [0.05, 0.1) is 20.8 Å². The predicted molar refractivity (Wildman–Crippen MR) is 90.7 cm³/mol. The second-order valence-electron chi connectivity index (χ2n) is 4.96. The summed E-state index contributed by atoms with van der Waals surface area (Å²) in [5, 5.41) is 5.63. The van der Waals surface area contributed by atoms with Gasteiger partial charge in [0.1, 0.15) is 5.52 Å². The minimum absolute atomic E-state index is 0.0289. The highest BCUT2D eigenvalue weighted by Crippen LogP contribution is 2.29. The lowest BCUT2D eigenvalue weighted by Crippen LogP contribution is -2.21. The predicted octanol–water partition coefficient (Wildman–Crippen LogP) is 2.90. The van der Waals surface area contributed by atoms with E-state index in [0.29, 0.717) is 28.8 Å². The lowest BCUT2D eigenvalue weighted by molar-refractivity contribution is -0.114. The number of methoxy groups -OCH3 is 2. The summed E-state index contributed by atoms with van der Waals surface area (Å²) in [6.07, 6.45) is 0. The molecule has 124 valence electrons. The molecule has 2 N–H and O–H groups in total. The van der Waals surface area contributed by atoms with E-state index < -0.39 is 0 Å². The van der Waals surface area contributed by atoms with E-state index in [9.17, 15) is 4.79 Å². The van der Waals surface area contributed by atoms with E-state index in [1.54, 1.807) is 25.3 Å². The van der Waals surface area contributed by atoms with Gasteiger partial charge in [0.2, 0.25) is 5.91 Å². The first kappa shape index (κ1) is 15.7. The molecule has 7 heteroatoms. The van der Waals surface area contributed by atoms with Crippen molar-refractivity contribution in [2.45, 2.75) is 0 Å². The Hall–Kier alpha value is -3.22. The van der Waals surface area contributed by atoms with Crippen molar-refractivity contribution in [3.8, 4) is 11.5 Å². The van der Waals surface area contributed by atoms with Gasteiger partial charge in [-0.25, -0.2) is 0 Å². The van der Waals surface area contributed by atoms with Crippen molar-refractivity contribution in [3.63, 3.8) is 0 Å². The van der Waals surface area contributed by atoms with Crippen LogP contribution in [0.3, 0.4) is 0 Å². The average Bonchev–Trinajstić information content (AvgIpc) is 3.03. The van der Waals surface area contributed by atoms with Crippen LogP contribution in [0.4, 0.5) is 11.7 Å². The molecule has 24 heavy (non-hydrogen) atoms. The first-order valence-corrected chi connectivity index (χ1v) is 7.31. The van der Waals surface area contributed by atoms with Crippen LogP contribution in [-0.4, -0.2) is 31.7 Å². The molecule has 3 aromatic rings. The molecule has 2 aromatic carbocycles. The lowest BCUT2D eigenvalue weighted by atomic mass is 10.2. The Morgan fingerprint density at radius 1 is 1.12 bits per heavy atom. The molecule has 0 aliphatic carbocycles. The van der Waals surface area contributed by atoms with Gasteiger partial charge in [-0.3, -0.25) is 4.79 Å². The fraction of sp³-hybridized carbons (Fsp3) is 0.176. The number of carbonyl (C=O) groups is 1. The number of benzene rings is 2. The summed E-state index contributed by atoms with van der Waals surface area (Å²) >= 11 is 0. The Morgan fingerprint density at radius 3 is 2.67 bits per heavy atom. The number of fused-ring (bicyclic) bond motifs is 1. The summed E-state index contributed by atoms with van der Waals surface area (Å²) in [5.41, 5.74) is 2.01. The van der Waals surface area contributed by atoms with Crippen molar-refractivity contribution >= 4 is 28.7 Å². The van der Waals surface area contributed by atoms with Crippen LogP contribution < -0.4 is 20.1 Å². The number of ether oxygens (including phenoxy) is 2. The number of anilines is 2. The zero-order valence-corrected chi connectivity index (χ0v) is 13.3. The van der Waals surface area contributed by atoms with E-state index >= 15 is 0 Å². The van der Waals surface area contributed by atoms with Gasteiger partial charge in [-0.1, -0.05) is 12.1 Å². The lowest BCUT2D eigenvalue weighted by Gasteiger charge is -2.10. The van der Waals surface area contributed by atoms with Crippen molar-refractivity contribution < 1.29 is 18.7 Å². The molecule has 0 spiro atoms. The van der Waals surface area contributed by atoms with E-state index in [-0.39, 0.29) is 12.5 Å². The topological polar surface area (TPSA) is 85.6 Å². The van der Waals surface area contributed by atoms with Crippen LogP contribution in [0.1, 0.15) is 0 Å². The number of nitrogens with one attached hydrogen (secondary N) is 2. The highest BCUT2D eigenvalue weighted by molar-refractivity contribution is 5.94. The maximum Gasteiger partial charge on any atom is 0.296 e. The summed E-state index contributed by atoms with van der Waals surface area (Å²) in [6.45, 7) is 0.0289. The monoisotopic (exact) mass is 327 g/mol. The molecule has 0 unspecified atom stereocenters. The highest BCUT2D eigenvalue weighted by atomic mass is 16.5. The molecule has 0 atom stereocenters. The molecular weight excluding hydrogens is 310 g/mol. The second-order valence-corrected chi connectivity index (χ2v) is 4.96. The Balaban J connectivity index is 1.61. The summed E-state index contributed by atoms with van der Waals surface area (Å²) in [7, 11) is 3.10.